The fourth-order valence-corrected chi connectivity index (χ4v) is 2.23. The number of nitrogens with one attached hydrogen (secondary N) is 2. The van der Waals surface area contributed by atoms with Crippen molar-refractivity contribution >= 4 is 34.2 Å². The third kappa shape index (κ3) is 2.57. The zero-order valence-corrected chi connectivity index (χ0v) is 13.2. The van der Waals surface area contributed by atoms with Crippen molar-refractivity contribution < 1.29 is 9.32 Å². The second kappa shape index (κ2) is 5.14. The zero-order chi connectivity index (χ0) is 15.9. The van der Waals surface area contributed by atoms with Crippen molar-refractivity contribution in [2.75, 3.05) is 5.32 Å². The van der Waals surface area contributed by atoms with Gasteiger partial charge in [-0.3, -0.25) is 9.89 Å². The zero-order valence-electron chi connectivity index (χ0n) is 12.4. The van der Waals surface area contributed by atoms with Crippen LogP contribution in [0.5, 0.6) is 0 Å². The minimum absolute atomic E-state index is 0.210. The van der Waals surface area contributed by atoms with E-state index >= 15 is 0 Å². The molecule has 0 saturated heterocycles. The van der Waals surface area contributed by atoms with Crippen LogP contribution in [-0.4, -0.2) is 21.3 Å². The lowest BCUT2D eigenvalue weighted by molar-refractivity contribution is 0.101. The average Bonchev–Trinajstić information content (AvgIpc) is 3.06. The van der Waals surface area contributed by atoms with E-state index < -0.39 is 0 Å². The molecule has 1 amide bonds. The minimum atomic E-state index is -0.382. The summed E-state index contributed by atoms with van der Waals surface area (Å²) in [6.45, 7) is 5.95. The number of H-pyrrole nitrogens is 1. The molecule has 0 atom stereocenters. The molecule has 0 unspecified atom stereocenters. The van der Waals surface area contributed by atoms with Gasteiger partial charge in [0.25, 0.3) is 5.91 Å². The lowest BCUT2D eigenvalue weighted by Gasteiger charge is -2.12. The number of aromatic amines is 1. The molecule has 0 saturated carbocycles. The van der Waals surface area contributed by atoms with Crippen LogP contribution in [-0.2, 0) is 5.41 Å². The predicted octanol–water partition coefficient (Wildman–Crippen LogP) is 3.75. The van der Waals surface area contributed by atoms with Crippen LogP contribution in [0.1, 0.15) is 37.0 Å². The second-order valence-corrected chi connectivity index (χ2v) is 6.42. The highest BCUT2D eigenvalue weighted by Crippen LogP contribution is 2.27. The van der Waals surface area contributed by atoms with Gasteiger partial charge in [-0.1, -0.05) is 43.6 Å². The number of benzene rings is 1. The summed E-state index contributed by atoms with van der Waals surface area (Å²) >= 11 is 6.07. The van der Waals surface area contributed by atoms with Crippen LogP contribution in [0, 0.1) is 0 Å². The molecule has 22 heavy (non-hydrogen) atoms. The number of amides is 1. The maximum atomic E-state index is 12.3. The Labute approximate surface area is 131 Å². The fraction of sp³-hybridized carbons (Fsp3) is 0.267. The molecule has 2 heterocycles. The molecular weight excluding hydrogens is 304 g/mol. The molecule has 0 aliphatic rings. The number of para-hydroxylation sites is 1. The smallest absolute Gasteiger partial charge is 0.279 e. The van der Waals surface area contributed by atoms with Crippen LogP contribution in [0.3, 0.4) is 0 Å². The van der Waals surface area contributed by atoms with Gasteiger partial charge >= 0.3 is 0 Å². The average molecular weight is 319 g/mol. The van der Waals surface area contributed by atoms with E-state index in [-0.39, 0.29) is 17.0 Å². The molecule has 1 aromatic carbocycles. The van der Waals surface area contributed by atoms with Crippen LogP contribution in [0.2, 0.25) is 5.02 Å². The van der Waals surface area contributed by atoms with E-state index in [4.69, 9.17) is 16.1 Å². The Morgan fingerprint density at radius 3 is 2.82 bits per heavy atom. The first kappa shape index (κ1) is 14.6. The lowest BCUT2D eigenvalue weighted by atomic mass is 9.93. The van der Waals surface area contributed by atoms with Crippen molar-refractivity contribution in [3.63, 3.8) is 0 Å². The van der Waals surface area contributed by atoms with Gasteiger partial charge in [-0.05, 0) is 12.1 Å². The Morgan fingerprint density at radius 1 is 1.36 bits per heavy atom. The predicted molar refractivity (Wildman–Crippen MR) is 84.3 cm³/mol. The Hall–Kier alpha value is -2.34. The number of carbonyl (C=O) groups is 1. The van der Waals surface area contributed by atoms with E-state index in [1.54, 1.807) is 18.2 Å². The Bertz CT molecular complexity index is 845. The number of fused-ring (bicyclic) bond motifs is 1. The molecule has 3 rings (SSSR count). The summed E-state index contributed by atoms with van der Waals surface area (Å²) in [5.74, 6) is 0.669. The Balaban J connectivity index is 1.87. The molecule has 7 heteroatoms. The van der Waals surface area contributed by atoms with Crippen LogP contribution in [0.15, 0.2) is 28.8 Å². The molecule has 2 N–H and O–H groups in total. The summed E-state index contributed by atoms with van der Waals surface area (Å²) in [6.07, 6.45) is 0. The maximum absolute atomic E-state index is 12.3. The highest BCUT2D eigenvalue weighted by molar-refractivity contribution is 6.35. The van der Waals surface area contributed by atoms with Gasteiger partial charge in [0.1, 0.15) is 5.76 Å². The van der Waals surface area contributed by atoms with Crippen molar-refractivity contribution in [1.82, 2.24) is 15.4 Å². The van der Waals surface area contributed by atoms with Crippen molar-refractivity contribution in [3.8, 4) is 0 Å². The lowest BCUT2D eigenvalue weighted by Crippen LogP contribution is -2.13. The van der Waals surface area contributed by atoms with Gasteiger partial charge in [-0.25, -0.2) is 0 Å². The van der Waals surface area contributed by atoms with E-state index in [2.05, 4.69) is 20.7 Å². The molecular formula is C15H15ClN4O2. The fourth-order valence-electron chi connectivity index (χ4n) is 2.01. The second-order valence-electron chi connectivity index (χ2n) is 6.02. The number of anilines is 1. The standard InChI is InChI=1S/C15H15ClN4O2/c1-15(2,3)11-7-10(20-22-11)14(21)17-13-8-5-4-6-9(16)12(8)18-19-13/h4-7H,1-3H3,(H2,17,18,19,21). The number of hydrogen-bond donors (Lipinski definition) is 2. The maximum Gasteiger partial charge on any atom is 0.279 e. The molecule has 0 bridgehead atoms. The van der Waals surface area contributed by atoms with Gasteiger partial charge in [-0.15, -0.1) is 0 Å². The molecule has 0 fully saturated rings. The summed E-state index contributed by atoms with van der Waals surface area (Å²) in [5.41, 5.74) is 0.677. The molecule has 3 aromatic rings. The minimum Gasteiger partial charge on any atom is -0.360 e. The van der Waals surface area contributed by atoms with Gasteiger partial charge in [0.05, 0.1) is 10.5 Å². The molecule has 6 nitrogen and oxygen atoms in total. The quantitative estimate of drug-likeness (QED) is 0.753. The summed E-state index contributed by atoms with van der Waals surface area (Å²) in [5, 5.41) is 14.7. The van der Waals surface area contributed by atoms with Crippen LogP contribution >= 0.6 is 11.6 Å². The van der Waals surface area contributed by atoms with Gasteiger partial charge in [0.15, 0.2) is 11.5 Å². The van der Waals surface area contributed by atoms with Crippen molar-refractivity contribution in [2.24, 2.45) is 0 Å². The third-order valence-electron chi connectivity index (χ3n) is 3.26. The van der Waals surface area contributed by atoms with Gasteiger partial charge < -0.3 is 9.84 Å². The molecule has 0 radical (unpaired) electrons. The van der Waals surface area contributed by atoms with E-state index in [0.29, 0.717) is 22.1 Å². The van der Waals surface area contributed by atoms with E-state index in [0.717, 1.165) is 5.39 Å². The normalized spacial score (nSPS) is 11.8. The molecule has 2 aromatic heterocycles. The van der Waals surface area contributed by atoms with Crippen LogP contribution in [0.25, 0.3) is 10.9 Å². The number of rotatable bonds is 2. The van der Waals surface area contributed by atoms with Crippen LogP contribution < -0.4 is 5.32 Å². The molecule has 0 spiro atoms. The number of halogens is 1. The van der Waals surface area contributed by atoms with Crippen molar-refractivity contribution in [2.45, 2.75) is 26.2 Å². The van der Waals surface area contributed by atoms with Crippen molar-refractivity contribution in [3.05, 3.63) is 40.7 Å². The third-order valence-corrected chi connectivity index (χ3v) is 3.58. The summed E-state index contributed by atoms with van der Waals surface area (Å²) in [6, 6.07) is 7.01. The highest BCUT2D eigenvalue weighted by atomic mass is 35.5. The Morgan fingerprint density at radius 2 is 2.14 bits per heavy atom. The van der Waals surface area contributed by atoms with Gasteiger partial charge in [0.2, 0.25) is 0 Å². The monoisotopic (exact) mass is 318 g/mol. The summed E-state index contributed by atoms with van der Waals surface area (Å²) in [4.78, 5) is 12.3. The molecule has 0 aliphatic carbocycles. The van der Waals surface area contributed by atoms with Crippen molar-refractivity contribution in [1.29, 1.82) is 0 Å². The topological polar surface area (TPSA) is 83.8 Å². The molecule has 0 aliphatic heterocycles. The van der Waals surface area contributed by atoms with Gasteiger partial charge in [-0.2, -0.15) is 5.10 Å². The van der Waals surface area contributed by atoms with E-state index in [1.165, 1.54) is 0 Å². The SMILES string of the molecule is CC(C)(C)c1cc(C(=O)Nc2n[nH]c3c(Cl)cccc23)no1. The van der Waals surface area contributed by atoms with Gasteiger partial charge in [0, 0.05) is 16.9 Å². The van der Waals surface area contributed by atoms with E-state index in [9.17, 15) is 4.79 Å². The summed E-state index contributed by atoms with van der Waals surface area (Å²) < 4.78 is 5.22. The number of hydrogen-bond acceptors (Lipinski definition) is 4. The largest absolute Gasteiger partial charge is 0.360 e. The summed E-state index contributed by atoms with van der Waals surface area (Å²) in [7, 11) is 0. The molecule has 114 valence electrons. The highest BCUT2D eigenvalue weighted by Gasteiger charge is 2.22. The first-order valence-corrected chi connectivity index (χ1v) is 7.15. The number of aromatic nitrogens is 3. The number of carbonyl (C=O) groups excluding carboxylic acids is 1. The first-order chi connectivity index (χ1) is 10.4. The van der Waals surface area contributed by atoms with E-state index in [1.807, 2.05) is 26.8 Å². The Kier molecular flexibility index (Phi) is 3.41. The number of nitrogens with zero attached hydrogens (tertiary/aromatic N) is 2. The van der Waals surface area contributed by atoms with Crippen LogP contribution in [0.4, 0.5) is 5.82 Å². The first-order valence-electron chi connectivity index (χ1n) is 6.77.